The average molecular weight is 244 g/mol. The molecule has 1 heterocycles. The molecule has 1 unspecified atom stereocenters. The summed E-state index contributed by atoms with van der Waals surface area (Å²) in [6, 6.07) is 0. The molecule has 0 saturated carbocycles. The normalized spacial score (nSPS) is 19.2. The smallest absolute Gasteiger partial charge is 0.438 e. The zero-order valence-electron chi connectivity index (χ0n) is 10.4. The first-order valence-electron chi connectivity index (χ1n) is 5.87. The van der Waals surface area contributed by atoms with E-state index in [9.17, 15) is 4.79 Å². The van der Waals surface area contributed by atoms with Crippen LogP contribution in [0.3, 0.4) is 0 Å². The van der Waals surface area contributed by atoms with E-state index in [0.717, 1.165) is 19.6 Å². The summed E-state index contributed by atoms with van der Waals surface area (Å²) >= 11 is 0. The summed E-state index contributed by atoms with van der Waals surface area (Å²) in [5, 5.41) is 0. The van der Waals surface area contributed by atoms with E-state index in [0.29, 0.717) is 12.8 Å². The van der Waals surface area contributed by atoms with E-state index < -0.39 is 6.16 Å². The fourth-order valence-corrected chi connectivity index (χ4v) is 1.58. The zero-order chi connectivity index (χ0) is 12.5. The van der Waals surface area contributed by atoms with Crippen LogP contribution in [0.4, 0.5) is 4.79 Å². The fraction of sp³-hybridized carbons (Fsp3) is 0.750. The number of carbonyl (C=O) groups excluding carboxylic acids is 1. The lowest BCUT2D eigenvalue weighted by Gasteiger charge is -2.24. The highest BCUT2D eigenvalue weighted by molar-refractivity contribution is 5.60. The van der Waals surface area contributed by atoms with E-state index >= 15 is 0 Å². The van der Waals surface area contributed by atoms with Gasteiger partial charge in [-0.1, -0.05) is 6.08 Å². The third-order valence-electron chi connectivity index (χ3n) is 2.40. The first-order chi connectivity index (χ1) is 8.26. The highest BCUT2D eigenvalue weighted by Gasteiger charge is 2.18. The number of carbonyl (C=O) groups is 1. The number of methoxy groups -OCH3 is 1. The Morgan fingerprint density at radius 1 is 1.47 bits per heavy atom. The molecule has 1 atom stereocenters. The topological polar surface area (TPSA) is 54.0 Å². The monoisotopic (exact) mass is 244 g/mol. The quantitative estimate of drug-likeness (QED) is 0.548. The molecule has 0 spiro atoms. The lowest BCUT2D eigenvalue weighted by atomic mass is 10.1. The Hall–Kier alpha value is -1.07. The van der Waals surface area contributed by atoms with Crippen molar-refractivity contribution in [3.8, 4) is 0 Å². The van der Waals surface area contributed by atoms with Gasteiger partial charge in [-0.3, -0.25) is 0 Å². The summed E-state index contributed by atoms with van der Waals surface area (Å²) in [5.41, 5.74) is 0. The second-order valence-electron chi connectivity index (χ2n) is 3.74. The van der Waals surface area contributed by atoms with E-state index in [-0.39, 0.29) is 12.4 Å². The Labute approximate surface area is 102 Å². The maximum Gasteiger partial charge on any atom is 0.508 e. The van der Waals surface area contributed by atoms with Crippen LogP contribution < -0.4 is 0 Å². The molecule has 0 aromatic carbocycles. The molecule has 1 aliphatic heterocycles. The summed E-state index contributed by atoms with van der Waals surface area (Å²) in [7, 11) is 1.29. The van der Waals surface area contributed by atoms with Crippen LogP contribution in [0.1, 0.15) is 26.2 Å². The molecule has 5 heteroatoms. The van der Waals surface area contributed by atoms with Crippen molar-refractivity contribution in [1.82, 2.24) is 0 Å². The van der Waals surface area contributed by atoms with Crippen molar-refractivity contribution in [2.75, 3.05) is 20.3 Å². The number of hydrogen-bond donors (Lipinski definition) is 0. The Balaban J connectivity index is 2.30. The Bertz CT molecular complexity index is 245. The van der Waals surface area contributed by atoms with Gasteiger partial charge >= 0.3 is 6.16 Å². The molecule has 0 aromatic heterocycles. The number of rotatable bonds is 5. The molecule has 1 rings (SSSR count). The largest absolute Gasteiger partial charge is 0.508 e. The SMILES string of the molecule is C/C=C/C(CCC1OCCCO1)OC(=O)OC. The van der Waals surface area contributed by atoms with E-state index in [2.05, 4.69) is 4.74 Å². The van der Waals surface area contributed by atoms with Gasteiger partial charge < -0.3 is 18.9 Å². The minimum atomic E-state index is -0.668. The van der Waals surface area contributed by atoms with Crippen molar-refractivity contribution in [3.63, 3.8) is 0 Å². The summed E-state index contributed by atoms with van der Waals surface area (Å²) in [4.78, 5) is 11.0. The van der Waals surface area contributed by atoms with Crippen molar-refractivity contribution in [3.05, 3.63) is 12.2 Å². The van der Waals surface area contributed by atoms with Gasteiger partial charge in [-0.05, 0) is 25.8 Å². The molecule has 0 radical (unpaired) electrons. The minimum Gasteiger partial charge on any atom is -0.438 e. The molecule has 0 aliphatic carbocycles. The molecule has 5 nitrogen and oxygen atoms in total. The summed E-state index contributed by atoms with van der Waals surface area (Å²) in [5.74, 6) is 0. The standard InChI is InChI=1S/C12H20O5/c1-3-5-10(17-12(13)14-2)6-7-11-15-8-4-9-16-11/h3,5,10-11H,4,6-9H2,1-2H3/b5-3+. The first-order valence-corrected chi connectivity index (χ1v) is 5.87. The molecule has 1 fully saturated rings. The predicted molar refractivity (Wildman–Crippen MR) is 61.6 cm³/mol. The molecule has 0 bridgehead atoms. The molecular formula is C12H20O5. The van der Waals surface area contributed by atoms with E-state index in [1.54, 1.807) is 0 Å². The highest BCUT2D eigenvalue weighted by atomic mass is 16.7. The van der Waals surface area contributed by atoms with Gasteiger partial charge in [0.15, 0.2) is 6.29 Å². The Kier molecular flexibility index (Phi) is 6.65. The van der Waals surface area contributed by atoms with Gasteiger partial charge in [0.25, 0.3) is 0 Å². The molecule has 1 saturated heterocycles. The number of allylic oxidation sites excluding steroid dienone is 1. The second kappa shape index (κ2) is 8.08. The third kappa shape index (κ3) is 5.70. The van der Waals surface area contributed by atoms with E-state index in [1.165, 1.54) is 7.11 Å². The van der Waals surface area contributed by atoms with Crippen molar-refractivity contribution in [2.45, 2.75) is 38.6 Å². The summed E-state index contributed by atoms with van der Waals surface area (Å²) in [6.07, 6.45) is 4.82. The summed E-state index contributed by atoms with van der Waals surface area (Å²) in [6.45, 7) is 3.34. The maximum atomic E-state index is 11.0. The van der Waals surface area contributed by atoms with Crippen LogP contribution >= 0.6 is 0 Å². The van der Waals surface area contributed by atoms with Crippen LogP contribution in [0, 0.1) is 0 Å². The number of hydrogen-bond acceptors (Lipinski definition) is 5. The van der Waals surface area contributed by atoms with Gasteiger partial charge in [0.1, 0.15) is 6.10 Å². The highest BCUT2D eigenvalue weighted by Crippen LogP contribution is 2.14. The van der Waals surface area contributed by atoms with Gasteiger partial charge in [-0.2, -0.15) is 0 Å². The van der Waals surface area contributed by atoms with Gasteiger partial charge in [-0.15, -0.1) is 0 Å². The van der Waals surface area contributed by atoms with Crippen molar-refractivity contribution in [1.29, 1.82) is 0 Å². The molecule has 1 aliphatic rings. The fourth-order valence-electron chi connectivity index (χ4n) is 1.58. The van der Waals surface area contributed by atoms with Gasteiger partial charge in [-0.25, -0.2) is 4.79 Å². The summed E-state index contributed by atoms with van der Waals surface area (Å²) < 4.78 is 20.4. The molecule has 98 valence electrons. The van der Waals surface area contributed by atoms with Crippen LogP contribution in [0.25, 0.3) is 0 Å². The second-order valence-corrected chi connectivity index (χ2v) is 3.74. The first kappa shape index (κ1) is 14.0. The van der Waals surface area contributed by atoms with Crippen LogP contribution in [0.15, 0.2) is 12.2 Å². The van der Waals surface area contributed by atoms with Gasteiger partial charge in [0.05, 0.1) is 20.3 Å². The van der Waals surface area contributed by atoms with Gasteiger partial charge in [0.2, 0.25) is 0 Å². The maximum absolute atomic E-state index is 11.0. The number of ether oxygens (including phenoxy) is 4. The third-order valence-corrected chi connectivity index (χ3v) is 2.40. The predicted octanol–water partition coefficient (Wildman–Crippen LogP) is 2.26. The van der Waals surface area contributed by atoms with Crippen LogP contribution in [0.5, 0.6) is 0 Å². The van der Waals surface area contributed by atoms with Crippen LogP contribution in [0.2, 0.25) is 0 Å². The van der Waals surface area contributed by atoms with Crippen LogP contribution in [-0.2, 0) is 18.9 Å². The molecule has 0 N–H and O–H groups in total. The van der Waals surface area contributed by atoms with Crippen molar-refractivity contribution < 1.29 is 23.7 Å². The van der Waals surface area contributed by atoms with Crippen LogP contribution in [-0.4, -0.2) is 38.9 Å². The lowest BCUT2D eigenvalue weighted by molar-refractivity contribution is -0.183. The molecular weight excluding hydrogens is 224 g/mol. The lowest BCUT2D eigenvalue weighted by Crippen LogP contribution is -2.26. The minimum absolute atomic E-state index is 0.183. The Morgan fingerprint density at radius 3 is 2.76 bits per heavy atom. The van der Waals surface area contributed by atoms with Crippen molar-refractivity contribution in [2.24, 2.45) is 0 Å². The molecule has 17 heavy (non-hydrogen) atoms. The zero-order valence-corrected chi connectivity index (χ0v) is 10.4. The molecule has 0 amide bonds. The molecule has 0 aromatic rings. The Morgan fingerprint density at radius 2 is 2.18 bits per heavy atom. The van der Waals surface area contributed by atoms with E-state index in [4.69, 9.17) is 14.2 Å². The average Bonchev–Trinajstić information content (AvgIpc) is 2.37. The van der Waals surface area contributed by atoms with Crippen molar-refractivity contribution >= 4 is 6.16 Å². The van der Waals surface area contributed by atoms with Gasteiger partial charge in [0, 0.05) is 6.42 Å². The van der Waals surface area contributed by atoms with E-state index in [1.807, 2.05) is 19.1 Å².